The van der Waals surface area contributed by atoms with E-state index in [2.05, 4.69) is 44.7 Å². The van der Waals surface area contributed by atoms with Crippen LogP contribution in [0.15, 0.2) is 24.3 Å². The molecule has 1 aromatic heterocycles. The van der Waals surface area contributed by atoms with Crippen molar-refractivity contribution in [1.82, 2.24) is 15.5 Å². The molecule has 1 saturated heterocycles. The van der Waals surface area contributed by atoms with E-state index in [0.717, 1.165) is 30.9 Å². The number of para-hydroxylation sites is 1. The Hall–Kier alpha value is -2.48. The van der Waals surface area contributed by atoms with Crippen molar-refractivity contribution in [2.75, 3.05) is 36.0 Å². The number of rotatable bonds is 5. The summed E-state index contributed by atoms with van der Waals surface area (Å²) < 4.78 is 0. The summed E-state index contributed by atoms with van der Waals surface area (Å²) in [6.45, 7) is 4.61. The van der Waals surface area contributed by atoms with Crippen LogP contribution in [0.4, 0.5) is 10.8 Å². The third-order valence-electron chi connectivity index (χ3n) is 5.13. The Bertz CT molecular complexity index is 852. The van der Waals surface area contributed by atoms with E-state index in [1.165, 1.54) is 22.6 Å². The van der Waals surface area contributed by atoms with Crippen molar-refractivity contribution in [3.05, 3.63) is 34.8 Å². The lowest BCUT2D eigenvalue weighted by Gasteiger charge is -2.31. The number of benzene rings is 1. The van der Waals surface area contributed by atoms with Gasteiger partial charge in [-0.05, 0) is 31.4 Å². The molecule has 8 heteroatoms. The smallest absolute Gasteiger partial charge is 0.229 e. The summed E-state index contributed by atoms with van der Waals surface area (Å²) in [4.78, 5) is 28.7. The van der Waals surface area contributed by atoms with Gasteiger partial charge < -0.3 is 10.2 Å². The lowest BCUT2D eigenvalue weighted by Crippen LogP contribution is -2.40. The van der Waals surface area contributed by atoms with Gasteiger partial charge in [-0.3, -0.25) is 14.5 Å². The topological polar surface area (TPSA) is 78.4 Å². The molecule has 0 saturated carbocycles. The molecule has 1 unspecified atom stereocenters. The van der Waals surface area contributed by atoms with Gasteiger partial charge >= 0.3 is 0 Å². The Labute approximate surface area is 162 Å². The van der Waals surface area contributed by atoms with Crippen LogP contribution in [0.2, 0.25) is 0 Å². The maximum atomic E-state index is 12.5. The van der Waals surface area contributed by atoms with Gasteiger partial charge in [0.2, 0.25) is 16.9 Å². The molecule has 0 bridgehead atoms. The molecule has 2 aliphatic heterocycles. The third kappa shape index (κ3) is 3.80. The molecule has 1 aromatic carbocycles. The Morgan fingerprint density at radius 1 is 1.33 bits per heavy atom. The first-order chi connectivity index (χ1) is 13.1. The lowest BCUT2D eigenvalue weighted by molar-refractivity contribution is -0.126. The quantitative estimate of drug-likeness (QED) is 0.849. The number of hydrogen-bond acceptors (Lipinski definition) is 6. The Morgan fingerprint density at radius 3 is 3.00 bits per heavy atom. The van der Waals surface area contributed by atoms with E-state index in [4.69, 9.17) is 0 Å². The number of aryl methyl sites for hydroxylation is 2. The molecule has 0 radical (unpaired) electrons. The van der Waals surface area contributed by atoms with E-state index < -0.39 is 0 Å². The summed E-state index contributed by atoms with van der Waals surface area (Å²) in [6.07, 6.45) is 2.49. The highest BCUT2D eigenvalue weighted by atomic mass is 32.1. The summed E-state index contributed by atoms with van der Waals surface area (Å²) in [7, 11) is 0. The molecule has 1 fully saturated rings. The molecule has 1 atom stereocenters. The highest BCUT2D eigenvalue weighted by Crippen LogP contribution is 2.28. The molecule has 0 spiro atoms. The van der Waals surface area contributed by atoms with Crippen molar-refractivity contribution < 1.29 is 9.59 Å². The number of hydrogen-bond donors (Lipinski definition) is 1. The van der Waals surface area contributed by atoms with Gasteiger partial charge in [-0.1, -0.05) is 29.5 Å². The van der Waals surface area contributed by atoms with E-state index in [0.29, 0.717) is 18.2 Å². The number of fused-ring (bicyclic) bond motifs is 1. The first-order valence-corrected chi connectivity index (χ1v) is 10.1. The molecule has 0 aliphatic carbocycles. The third-order valence-corrected chi connectivity index (χ3v) is 5.99. The zero-order valence-electron chi connectivity index (χ0n) is 15.4. The van der Waals surface area contributed by atoms with Crippen LogP contribution in [0.5, 0.6) is 0 Å². The fourth-order valence-electron chi connectivity index (χ4n) is 3.77. The first-order valence-electron chi connectivity index (χ1n) is 9.33. The zero-order valence-corrected chi connectivity index (χ0v) is 16.2. The molecule has 27 heavy (non-hydrogen) atoms. The van der Waals surface area contributed by atoms with Crippen molar-refractivity contribution in [3.8, 4) is 0 Å². The summed E-state index contributed by atoms with van der Waals surface area (Å²) in [5.74, 6) is -0.441. The van der Waals surface area contributed by atoms with E-state index in [-0.39, 0.29) is 24.2 Å². The van der Waals surface area contributed by atoms with Crippen molar-refractivity contribution in [2.24, 2.45) is 5.92 Å². The summed E-state index contributed by atoms with van der Waals surface area (Å²) >= 11 is 1.38. The lowest BCUT2D eigenvalue weighted by atomic mass is 10.0. The van der Waals surface area contributed by atoms with Crippen LogP contribution in [0.25, 0.3) is 0 Å². The van der Waals surface area contributed by atoms with E-state index in [1.807, 2.05) is 6.92 Å². The van der Waals surface area contributed by atoms with Crippen LogP contribution in [0.3, 0.4) is 0 Å². The second-order valence-electron chi connectivity index (χ2n) is 7.02. The number of nitrogens with one attached hydrogen (secondary N) is 1. The van der Waals surface area contributed by atoms with Gasteiger partial charge in [-0.15, -0.1) is 10.2 Å². The summed E-state index contributed by atoms with van der Waals surface area (Å²) in [6, 6.07) is 8.46. The van der Waals surface area contributed by atoms with Gasteiger partial charge in [-0.25, -0.2) is 0 Å². The van der Waals surface area contributed by atoms with Crippen molar-refractivity contribution in [3.63, 3.8) is 0 Å². The average molecular weight is 385 g/mol. The van der Waals surface area contributed by atoms with Crippen LogP contribution < -0.4 is 15.1 Å². The number of carbonyl (C=O) groups excluding carboxylic acids is 2. The van der Waals surface area contributed by atoms with Crippen LogP contribution >= 0.6 is 11.3 Å². The monoisotopic (exact) mass is 385 g/mol. The summed E-state index contributed by atoms with van der Waals surface area (Å²) in [5, 5.41) is 12.4. The van der Waals surface area contributed by atoms with Gasteiger partial charge in [0.25, 0.3) is 0 Å². The Balaban J connectivity index is 1.30. The minimum atomic E-state index is -0.324. The molecule has 2 aromatic rings. The van der Waals surface area contributed by atoms with Gasteiger partial charge in [-0.2, -0.15) is 0 Å². The molecule has 1 N–H and O–H groups in total. The standard InChI is InChI=1S/C19H23N5O2S/c1-13-21-22-19(27-13)24-12-15(11-17(24)25)18(26)20-8-10-23-9-4-6-14-5-2-3-7-16(14)23/h2-3,5,7,15H,4,6,8-12H2,1H3,(H,20,26). The predicted octanol–water partition coefficient (Wildman–Crippen LogP) is 1.77. The number of anilines is 2. The second kappa shape index (κ2) is 7.64. The van der Waals surface area contributed by atoms with Gasteiger partial charge in [0, 0.05) is 38.3 Å². The van der Waals surface area contributed by atoms with Crippen LogP contribution in [-0.2, 0) is 16.0 Å². The fourth-order valence-corrected chi connectivity index (χ4v) is 4.48. The molecule has 142 valence electrons. The maximum Gasteiger partial charge on any atom is 0.229 e. The number of amides is 2. The normalized spacial score (nSPS) is 19.3. The highest BCUT2D eigenvalue weighted by molar-refractivity contribution is 7.15. The Kier molecular flexibility index (Phi) is 5.07. The SMILES string of the molecule is Cc1nnc(N2CC(C(=O)NCCN3CCCc4ccccc43)CC2=O)s1. The van der Waals surface area contributed by atoms with E-state index >= 15 is 0 Å². The minimum absolute atomic E-state index is 0.0580. The number of aromatic nitrogens is 2. The second-order valence-corrected chi connectivity index (χ2v) is 8.18. The van der Waals surface area contributed by atoms with Gasteiger partial charge in [0.1, 0.15) is 5.01 Å². The predicted molar refractivity (Wildman–Crippen MR) is 105 cm³/mol. The van der Waals surface area contributed by atoms with Gasteiger partial charge in [0.05, 0.1) is 5.92 Å². The van der Waals surface area contributed by atoms with E-state index in [1.54, 1.807) is 4.90 Å². The molecule has 2 aliphatic rings. The molecule has 7 nitrogen and oxygen atoms in total. The first kappa shape index (κ1) is 17.9. The minimum Gasteiger partial charge on any atom is -0.370 e. The highest BCUT2D eigenvalue weighted by Gasteiger charge is 2.36. The van der Waals surface area contributed by atoms with Crippen LogP contribution in [0, 0.1) is 12.8 Å². The molecular formula is C19H23N5O2S. The van der Waals surface area contributed by atoms with Crippen LogP contribution in [-0.4, -0.2) is 48.2 Å². The van der Waals surface area contributed by atoms with Crippen molar-refractivity contribution in [2.45, 2.75) is 26.2 Å². The molecule has 3 heterocycles. The van der Waals surface area contributed by atoms with Gasteiger partial charge in [0.15, 0.2) is 0 Å². The molecule has 2 amide bonds. The molecular weight excluding hydrogens is 362 g/mol. The number of carbonyl (C=O) groups is 2. The summed E-state index contributed by atoms with van der Waals surface area (Å²) in [5.41, 5.74) is 2.64. The van der Waals surface area contributed by atoms with Crippen LogP contribution in [0.1, 0.15) is 23.4 Å². The Morgan fingerprint density at radius 2 is 2.19 bits per heavy atom. The van der Waals surface area contributed by atoms with Crippen molar-refractivity contribution >= 4 is 34.0 Å². The van der Waals surface area contributed by atoms with Crippen molar-refractivity contribution in [1.29, 1.82) is 0 Å². The average Bonchev–Trinajstić information content (AvgIpc) is 3.27. The zero-order chi connectivity index (χ0) is 18.8. The van der Waals surface area contributed by atoms with E-state index in [9.17, 15) is 9.59 Å². The molecule has 4 rings (SSSR count). The number of nitrogens with zero attached hydrogens (tertiary/aromatic N) is 4. The maximum absolute atomic E-state index is 12.5. The largest absolute Gasteiger partial charge is 0.370 e. The fraction of sp³-hybridized carbons (Fsp3) is 0.474.